The Balaban J connectivity index is 1.86. The first-order valence-electron chi connectivity index (χ1n) is 10.6. The van der Waals surface area contributed by atoms with Crippen molar-refractivity contribution in [2.75, 3.05) is 6.61 Å². The summed E-state index contributed by atoms with van der Waals surface area (Å²) in [4.78, 5) is 23.6. The second-order valence-electron chi connectivity index (χ2n) is 8.56. The Morgan fingerprint density at radius 2 is 1.58 bits per heavy atom. The molecule has 0 aliphatic rings. The first kappa shape index (κ1) is 24.4. The number of amides is 1. The molecule has 0 radical (unpaired) electrons. The summed E-state index contributed by atoms with van der Waals surface area (Å²) in [6.07, 6.45) is -1.26. The van der Waals surface area contributed by atoms with E-state index in [1.54, 1.807) is 38.1 Å². The number of carbonyl (C=O) groups excluding carboxylic acids is 1. The Morgan fingerprint density at radius 3 is 2.10 bits per heavy atom. The molecular weight excluding hydrogens is 394 g/mol. The van der Waals surface area contributed by atoms with E-state index < -0.39 is 18.2 Å². The molecule has 0 fully saturated rings. The van der Waals surface area contributed by atoms with E-state index in [0.29, 0.717) is 18.9 Å². The number of hydrogen-bond donors (Lipinski definition) is 2. The van der Waals surface area contributed by atoms with Gasteiger partial charge in [0.05, 0.1) is 0 Å². The van der Waals surface area contributed by atoms with E-state index in [4.69, 9.17) is 9.47 Å². The number of carbonyl (C=O) groups is 2. The third-order valence-corrected chi connectivity index (χ3v) is 4.96. The summed E-state index contributed by atoms with van der Waals surface area (Å²) in [6, 6.07) is 15.3. The highest BCUT2D eigenvalue weighted by Crippen LogP contribution is 2.22. The van der Waals surface area contributed by atoms with Crippen LogP contribution in [0.3, 0.4) is 0 Å². The molecular formula is C25H33NO5. The average Bonchev–Trinajstić information content (AvgIpc) is 2.72. The second kappa shape index (κ2) is 11.0. The van der Waals surface area contributed by atoms with Crippen LogP contribution >= 0.6 is 0 Å². The lowest BCUT2D eigenvalue weighted by atomic mass is 9.87. The fourth-order valence-corrected chi connectivity index (χ4v) is 3.05. The number of ether oxygens (including phenoxy) is 2. The van der Waals surface area contributed by atoms with Gasteiger partial charge < -0.3 is 19.9 Å². The van der Waals surface area contributed by atoms with E-state index in [2.05, 4.69) is 38.2 Å². The predicted molar refractivity (Wildman–Crippen MR) is 120 cm³/mol. The van der Waals surface area contributed by atoms with Crippen molar-refractivity contribution in [3.05, 3.63) is 65.2 Å². The van der Waals surface area contributed by atoms with E-state index in [-0.39, 0.29) is 17.7 Å². The third kappa shape index (κ3) is 7.72. The van der Waals surface area contributed by atoms with Crippen LogP contribution in [0.25, 0.3) is 0 Å². The Morgan fingerprint density at radius 1 is 1.00 bits per heavy atom. The van der Waals surface area contributed by atoms with Crippen molar-refractivity contribution < 1.29 is 24.2 Å². The van der Waals surface area contributed by atoms with Gasteiger partial charge in [-0.05, 0) is 48.1 Å². The summed E-state index contributed by atoms with van der Waals surface area (Å²) in [5.41, 5.74) is 3.19. The van der Waals surface area contributed by atoms with E-state index in [1.165, 1.54) is 5.56 Å². The van der Waals surface area contributed by atoms with Crippen molar-refractivity contribution in [1.82, 2.24) is 5.32 Å². The van der Waals surface area contributed by atoms with Crippen LogP contribution in [0.4, 0.5) is 0 Å². The molecule has 31 heavy (non-hydrogen) atoms. The lowest BCUT2D eigenvalue weighted by Crippen LogP contribution is -2.35. The van der Waals surface area contributed by atoms with Gasteiger partial charge in [-0.2, -0.15) is 0 Å². The van der Waals surface area contributed by atoms with Gasteiger partial charge in [0.2, 0.25) is 0 Å². The SMILES string of the molecule is CCO[C@H](Cc1ccc(OC(C)C(=O)NCc2ccc(C(C)(C)C)cc2)cc1)C(=O)O. The molecule has 2 aromatic carbocycles. The van der Waals surface area contributed by atoms with Gasteiger partial charge >= 0.3 is 5.97 Å². The van der Waals surface area contributed by atoms with Crippen LogP contribution in [0.15, 0.2) is 48.5 Å². The van der Waals surface area contributed by atoms with Crippen molar-refractivity contribution in [3.63, 3.8) is 0 Å². The molecule has 0 aromatic heterocycles. The molecule has 2 rings (SSSR count). The minimum Gasteiger partial charge on any atom is -0.481 e. The standard InChI is InChI=1S/C25H33NO5/c1-6-30-22(24(28)29)15-18-9-13-21(14-10-18)31-17(2)23(27)26-16-19-7-11-20(12-8-19)25(3,4)5/h7-14,17,22H,6,15-16H2,1-5H3,(H,26,27)(H,28,29)/t17?,22-/m1/s1. The van der Waals surface area contributed by atoms with Gasteiger partial charge in [0, 0.05) is 19.6 Å². The Hall–Kier alpha value is -2.86. The van der Waals surface area contributed by atoms with Crippen molar-refractivity contribution in [1.29, 1.82) is 0 Å². The lowest BCUT2D eigenvalue weighted by molar-refractivity contribution is -0.150. The van der Waals surface area contributed by atoms with Crippen molar-refractivity contribution in [2.45, 2.75) is 65.2 Å². The zero-order valence-corrected chi connectivity index (χ0v) is 19.0. The van der Waals surface area contributed by atoms with Gasteiger partial charge in [-0.3, -0.25) is 4.79 Å². The van der Waals surface area contributed by atoms with Crippen molar-refractivity contribution in [2.24, 2.45) is 0 Å². The van der Waals surface area contributed by atoms with Crippen molar-refractivity contribution >= 4 is 11.9 Å². The van der Waals surface area contributed by atoms with Crippen LogP contribution < -0.4 is 10.1 Å². The molecule has 1 unspecified atom stereocenters. The monoisotopic (exact) mass is 427 g/mol. The zero-order valence-electron chi connectivity index (χ0n) is 19.0. The molecule has 0 aliphatic carbocycles. The van der Waals surface area contributed by atoms with Crippen LogP contribution in [-0.4, -0.2) is 35.8 Å². The highest BCUT2D eigenvalue weighted by molar-refractivity contribution is 5.80. The van der Waals surface area contributed by atoms with Gasteiger partial charge in [-0.15, -0.1) is 0 Å². The summed E-state index contributed by atoms with van der Waals surface area (Å²) in [6.45, 7) is 10.7. The molecule has 2 N–H and O–H groups in total. The summed E-state index contributed by atoms with van der Waals surface area (Å²) < 4.78 is 11.0. The number of benzene rings is 2. The Labute approximate surface area is 184 Å². The maximum Gasteiger partial charge on any atom is 0.333 e. The molecule has 0 aliphatic heterocycles. The topological polar surface area (TPSA) is 84.9 Å². The van der Waals surface area contributed by atoms with Crippen LogP contribution in [0, 0.1) is 0 Å². The molecule has 0 saturated carbocycles. The highest BCUT2D eigenvalue weighted by Gasteiger charge is 2.19. The quantitative estimate of drug-likeness (QED) is 0.596. The van der Waals surface area contributed by atoms with E-state index >= 15 is 0 Å². The fourth-order valence-electron chi connectivity index (χ4n) is 3.05. The Bertz CT molecular complexity index is 853. The normalized spacial score (nSPS) is 13.3. The van der Waals surface area contributed by atoms with Gasteiger partial charge in [0.1, 0.15) is 5.75 Å². The van der Waals surface area contributed by atoms with Crippen LogP contribution in [-0.2, 0) is 32.7 Å². The van der Waals surface area contributed by atoms with Gasteiger partial charge in [-0.1, -0.05) is 57.2 Å². The number of aliphatic carboxylic acids is 1. The maximum atomic E-state index is 12.4. The number of carboxylic acids is 1. The largest absolute Gasteiger partial charge is 0.481 e. The van der Waals surface area contributed by atoms with E-state index in [9.17, 15) is 14.7 Å². The van der Waals surface area contributed by atoms with Gasteiger partial charge in [0.15, 0.2) is 12.2 Å². The number of hydrogen-bond acceptors (Lipinski definition) is 4. The summed E-state index contributed by atoms with van der Waals surface area (Å²) in [5.74, 6) is -0.643. The first-order valence-corrected chi connectivity index (χ1v) is 10.6. The molecule has 0 saturated heterocycles. The number of rotatable bonds is 10. The molecule has 2 atom stereocenters. The van der Waals surface area contributed by atoms with Crippen molar-refractivity contribution in [3.8, 4) is 5.75 Å². The first-order chi connectivity index (χ1) is 14.6. The average molecular weight is 428 g/mol. The molecule has 168 valence electrons. The smallest absolute Gasteiger partial charge is 0.333 e. The summed E-state index contributed by atoms with van der Waals surface area (Å²) in [5, 5.41) is 12.1. The van der Waals surface area contributed by atoms with E-state index in [0.717, 1.165) is 11.1 Å². The van der Waals surface area contributed by atoms with E-state index in [1.807, 2.05) is 12.1 Å². The summed E-state index contributed by atoms with van der Waals surface area (Å²) >= 11 is 0. The zero-order chi connectivity index (χ0) is 23.0. The molecule has 0 bridgehead atoms. The molecule has 1 amide bonds. The minimum atomic E-state index is -0.986. The van der Waals surface area contributed by atoms with Gasteiger partial charge in [-0.25, -0.2) is 4.79 Å². The van der Waals surface area contributed by atoms with Crippen LogP contribution in [0.5, 0.6) is 5.75 Å². The third-order valence-electron chi connectivity index (χ3n) is 4.96. The maximum absolute atomic E-state index is 12.4. The number of nitrogens with one attached hydrogen (secondary N) is 1. The van der Waals surface area contributed by atoms with Crippen LogP contribution in [0.2, 0.25) is 0 Å². The molecule has 6 heteroatoms. The number of carboxylic acid groups (broad SMARTS) is 1. The lowest BCUT2D eigenvalue weighted by Gasteiger charge is -2.19. The molecule has 0 spiro atoms. The molecule has 6 nitrogen and oxygen atoms in total. The molecule has 2 aromatic rings. The predicted octanol–water partition coefficient (Wildman–Crippen LogP) is 4.10. The highest BCUT2D eigenvalue weighted by atomic mass is 16.5. The van der Waals surface area contributed by atoms with Crippen LogP contribution in [0.1, 0.15) is 51.3 Å². The molecule has 0 heterocycles. The van der Waals surface area contributed by atoms with Gasteiger partial charge in [0.25, 0.3) is 5.91 Å². The summed E-state index contributed by atoms with van der Waals surface area (Å²) in [7, 11) is 0. The minimum absolute atomic E-state index is 0.0945. The second-order valence-corrected chi connectivity index (χ2v) is 8.56. The Kier molecular flexibility index (Phi) is 8.63. The fraction of sp³-hybridized carbons (Fsp3) is 0.440.